The van der Waals surface area contributed by atoms with Crippen molar-refractivity contribution >= 4 is 0 Å². The highest BCUT2D eigenvalue weighted by atomic mass is 16.5. The molecule has 2 N–H and O–H groups in total. The second-order valence-corrected chi connectivity index (χ2v) is 3.09. The Labute approximate surface area is 81.7 Å². The first-order valence-electron chi connectivity index (χ1n) is 4.39. The van der Waals surface area contributed by atoms with Crippen molar-refractivity contribution in [3.05, 3.63) is 35.7 Å². The first-order valence-corrected chi connectivity index (χ1v) is 4.39. The van der Waals surface area contributed by atoms with Crippen molar-refractivity contribution in [1.29, 1.82) is 0 Å². The van der Waals surface area contributed by atoms with Crippen LogP contribution in [-0.2, 0) is 6.54 Å². The number of benzene rings is 1. The zero-order chi connectivity index (χ0) is 9.97. The summed E-state index contributed by atoms with van der Waals surface area (Å²) in [7, 11) is 0. The average molecular weight is 189 g/mol. The Hall–Kier alpha value is -1.68. The molecule has 0 saturated heterocycles. The Morgan fingerprint density at radius 2 is 2.29 bits per heavy atom. The van der Waals surface area contributed by atoms with Crippen LogP contribution in [0.3, 0.4) is 0 Å². The molecule has 0 aliphatic heterocycles. The number of nitrogens with two attached hydrogens (primary N) is 1. The molecule has 72 valence electrons. The van der Waals surface area contributed by atoms with Crippen LogP contribution in [0.4, 0.5) is 0 Å². The monoisotopic (exact) mass is 189 g/mol. The maximum atomic E-state index is 5.39. The molecule has 1 aromatic carbocycles. The average Bonchev–Trinajstić information content (AvgIpc) is 2.66. The number of hydrogen-bond donors (Lipinski definition) is 1. The number of aryl methyl sites for hydroxylation is 1. The fraction of sp³-hybridized carbons (Fsp3) is 0.200. The van der Waals surface area contributed by atoms with Crippen LogP contribution in [0, 0.1) is 6.92 Å². The van der Waals surface area contributed by atoms with Crippen LogP contribution >= 0.6 is 0 Å². The zero-order valence-electron chi connectivity index (χ0n) is 7.90. The Morgan fingerprint density at radius 3 is 2.93 bits per heavy atom. The minimum atomic E-state index is 0.301. The Balaban J connectivity index is 2.39. The molecule has 4 heteroatoms. The number of rotatable bonds is 2. The lowest BCUT2D eigenvalue weighted by atomic mass is 10.1. The second-order valence-electron chi connectivity index (χ2n) is 3.09. The molecule has 0 spiro atoms. The van der Waals surface area contributed by atoms with Gasteiger partial charge in [-0.2, -0.15) is 4.98 Å². The highest BCUT2D eigenvalue weighted by Gasteiger charge is 2.06. The molecule has 0 atom stereocenters. The summed E-state index contributed by atoms with van der Waals surface area (Å²) in [4.78, 5) is 4.14. The summed E-state index contributed by atoms with van der Waals surface area (Å²) in [5.74, 6) is 1.05. The molecule has 0 bridgehead atoms. The highest BCUT2D eigenvalue weighted by molar-refractivity contribution is 5.53. The van der Waals surface area contributed by atoms with Crippen LogP contribution in [0.15, 0.2) is 28.8 Å². The molecule has 2 rings (SSSR count). The molecule has 14 heavy (non-hydrogen) atoms. The molecular formula is C10H11N3O. The van der Waals surface area contributed by atoms with Gasteiger partial charge in [-0.15, -0.1) is 0 Å². The van der Waals surface area contributed by atoms with Crippen molar-refractivity contribution in [3.63, 3.8) is 0 Å². The first kappa shape index (κ1) is 8.90. The van der Waals surface area contributed by atoms with E-state index in [9.17, 15) is 0 Å². The van der Waals surface area contributed by atoms with Crippen molar-refractivity contribution in [2.24, 2.45) is 5.73 Å². The number of nitrogens with zero attached hydrogens (tertiary/aromatic N) is 2. The third-order valence-corrected chi connectivity index (χ3v) is 1.92. The Kier molecular flexibility index (Phi) is 2.28. The topological polar surface area (TPSA) is 64.9 Å². The minimum Gasteiger partial charge on any atom is -0.334 e. The van der Waals surface area contributed by atoms with E-state index in [4.69, 9.17) is 10.3 Å². The van der Waals surface area contributed by atoms with Gasteiger partial charge in [-0.3, -0.25) is 0 Å². The molecule has 0 unspecified atom stereocenters. The van der Waals surface area contributed by atoms with Gasteiger partial charge in [0.2, 0.25) is 0 Å². The predicted octanol–water partition coefficient (Wildman–Crippen LogP) is 1.50. The summed E-state index contributed by atoms with van der Waals surface area (Å²) in [6.07, 6.45) is 0. The largest absolute Gasteiger partial charge is 0.334 e. The van der Waals surface area contributed by atoms with E-state index in [1.165, 1.54) is 0 Å². The van der Waals surface area contributed by atoms with Gasteiger partial charge < -0.3 is 10.3 Å². The lowest BCUT2D eigenvalue weighted by Gasteiger charge is -1.94. The maximum absolute atomic E-state index is 5.39. The second kappa shape index (κ2) is 3.59. The molecule has 0 saturated carbocycles. The van der Waals surface area contributed by atoms with Crippen LogP contribution in [-0.4, -0.2) is 10.1 Å². The molecule has 2 aromatic rings. The molecule has 1 aromatic heterocycles. The van der Waals surface area contributed by atoms with Gasteiger partial charge in [0.15, 0.2) is 5.82 Å². The number of hydrogen-bond acceptors (Lipinski definition) is 4. The van der Waals surface area contributed by atoms with Crippen molar-refractivity contribution in [2.45, 2.75) is 13.5 Å². The summed E-state index contributed by atoms with van der Waals surface area (Å²) >= 11 is 0. The predicted molar refractivity (Wildman–Crippen MR) is 52.4 cm³/mol. The van der Waals surface area contributed by atoms with E-state index in [1.54, 1.807) is 0 Å². The quantitative estimate of drug-likeness (QED) is 0.777. The number of aromatic nitrogens is 2. The standard InChI is InChI=1S/C10H11N3O/c1-7-3-2-4-8(5-7)10-12-9(6-11)13-14-10/h2-5H,6,11H2,1H3. The van der Waals surface area contributed by atoms with Gasteiger partial charge in [-0.1, -0.05) is 22.9 Å². The smallest absolute Gasteiger partial charge is 0.257 e. The lowest BCUT2D eigenvalue weighted by Crippen LogP contribution is -1.97. The normalized spacial score (nSPS) is 10.4. The van der Waals surface area contributed by atoms with Crippen molar-refractivity contribution < 1.29 is 4.52 Å². The molecule has 0 amide bonds. The van der Waals surface area contributed by atoms with Gasteiger partial charge in [-0.05, 0) is 19.1 Å². The van der Waals surface area contributed by atoms with Crippen LogP contribution in [0.5, 0.6) is 0 Å². The van der Waals surface area contributed by atoms with E-state index in [2.05, 4.69) is 10.1 Å². The van der Waals surface area contributed by atoms with E-state index in [0.717, 1.165) is 11.1 Å². The summed E-state index contributed by atoms with van der Waals surface area (Å²) < 4.78 is 5.06. The van der Waals surface area contributed by atoms with Gasteiger partial charge in [-0.25, -0.2) is 0 Å². The third kappa shape index (κ3) is 1.65. The summed E-state index contributed by atoms with van der Waals surface area (Å²) in [5, 5.41) is 3.73. The van der Waals surface area contributed by atoms with Crippen molar-refractivity contribution in [1.82, 2.24) is 10.1 Å². The maximum Gasteiger partial charge on any atom is 0.257 e. The highest BCUT2D eigenvalue weighted by Crippen LogP contribution is 2.17. The summed E-state index contributed by atoms with van der Waals surface area (Å²) in [6, 6.07) is 7.90. The molecule has 1 heterocycles. The van der Waals surface area contributed by atoms with Crippen LogP contribution in [0.1, 0.15) is 11.4 Å². The van der Waals surface area contributed by atoms with Crippen LogP contribution < -0.4 is 5.73 Å². The SMILES string of the molecule is Cc1cccc(-c2nc(CN)no2)c1. The lowest BCUT2D eigenvalue weighted by molar-refractivity contribution is 0.423. The fourth-order valence-corrected chi connectivity index (χ4v) is 1.23. The van der Waals surface area contributed by atoms with E-state index >= 15 is 0 Å². The molecule has 0 aliphatic rings. The molecule has 0 radical (unpaired) electrons. The summed E-state index contributed by atoms with van der Waals surface area (Å²) in [5.41, 5.74) is 7.48. The Bertz CT molecular complexity index is 436. The van der Waals surface area contributed by atoms with Crippen LogP contribution in [0.2, 0.25) is 0 Å². The third-order valence-electron chi connectivity index (χ3n) is 1.92. The van der Waals surface area contributed by atoms with E-state index in [-0.39, 0.29) is 0 Å². The van der Waals surface area contributed by atoms with Gasteiger partial charge in [0.05, 0.1) is 6.54 Å². The molecular weight excluding hydrogens is 178 g/mol. The van der Waals surface area contributed by atoms with Gasteiger partial charge in [0.25, 0.3) is 5.89 Å². The summed E-state index contributed by atoms with van der Waals surface area (Å²) in [6.45, 7) is 2.32. The van der Waals surface area contributed by atoms with Gasteiger partial charge in [0.1, 0.15) is 0 Å². The Morgan fingerprint density at radius 1 is 1.43 bits per heavy atom. The van der Waals surface area contributed by atoms with Crippen molar-refractivity contribution in [3.8, 4) is 11.5 Å². The molecule has 4 nitrogen and oxygen atoms in total. The minimum absolute atomic E-state index is 0.301. The fourth-order valence-electron chi connectivity index (χ4n) is 1.23. The zero-order valence-corrected chi connectivity index (χ0v) is 7.90. The first-order chi connectivity index (χ1) is 6.79. The molecule has 0 fully saturated rings. The van der Waals surface area contributed by atoms with Gasteiger partial charge >= 0.3 is 0 Å². The van der Waals surface area contributed by atoms with Gasteiger partial charge in [0, 0.05) is 5.56 Å². The van der Waals surface area contributed by atoms with Crippen LogP contribution in [0.25, 0.3) is 11.5 Å². The molecule has 0 aliphatic carbocycles. The van der Waals surface area contributed by atoms with E-state index in [1.807, 2.05) is 31.2 Å². The van der Waals surface area contributed by atoms with E-state index in [0.29, 0.717) is 18.3 Å². The van der Waals surface area contributed by atoms with E-state index < -0.39 is 0 Å². The van der Waals surface area contributed by atoms with Crippen molar-refractivity contribution in [2.75, 3.05) is 0 Å².